The van der Waals surface area contributed by atoms with Gasteiger partial charge in [0, 0.05) is 29.1 Å². The quantitative estimate of drug-likeness (QED) is 0.886. The molecule has 3 nitrogen and oxygen atoms in total. The third-order valence-electron chi connectivity index (χ3n) is 4.39. The van der Waals surface area contributed by atoms with Crippen LogP contribution in [-0.2, 0) is 6.54 Å². The fourth-order valence-corrected chi connectivity index (χ4v) is 3.61. The highest BCUT2D eigenvalue weighted by Gasteiger charge is 2.22. The first-order valence-corrected chi connectivity index (χ1v) is 8.46. The number of hydrogen-bond acceptors (Lipinski definition) is 3. The fourth-order valence-electron chi connectivity index (χ4n) is 3.16. The van der Waals surface area contributed by atoms with E-state index < -0.39 is 0 Å². The van der Waals surface area contributed by atoms with Gasteiger partial charge in [-0.15, -0.1) is 0 Å². The zero-order chi connectivity index (χ0) is 14.7. The lowest BCUT2D eigenvalue weighted by Crippen LogP contribution is -2.33. The number of nitrogens with one attached hydrogen (secondary N) is 1. The standard InChI is InChI=1S/C17H21BrN2O/c18-15-8-7-13(17-14(15)5-3-9-20-17)11-19-10-12-4-1-2-6-16(12)21/h3,5,7-9,12,16,19,21H,1-2,4,6,10-11H2. The number of aliphatic hydroxyl groups is 1. The van der Waals surface area contributed by atoms with Crippen LogP contribution in [0.1, 0.15) is 31.2 Å². The number of pyridine rings is 1. The zero-order valence-corrected chi connectivity index (χ0v) is 13.6. The maximum absolute atomic E-state index is 10.0. The van der Waals surface area contributed by atoms with Crippen molar-refractivity contribution in [1.29, 1.82) is 0 Å². The van der Waals surface area contributed by atoms with E-state index in [2.05, 4.69) is 44.4 Å². The number of hydrogen-bond donors (Lipinski definition) is 2. The molecule has 1 fully saturated rings. The van der Waals surface area contributed by atoms with E-state index in [1.54, 1.807) is 0 Å². The molecular formula is C17H21BrN2O. The normalized spacial score (nSPS) is 22.6. The predicted octanol–water partition coefficient (Wildman–Crippen LogP) is 3.64. The van der Waals surface area contributed by atoms with Gasteiger partial charge in [0.25, 0.3) is 0 Å². The molecule has 0 radical (unpaired) electrons. The summed E-state index contributed by atoms with van der Waals surface area (Å²) in [7, 11) is 0. The van der Waals surface area contributed by atoms with Crippen LogP contribution in [-0.4, -0.2) is 22.7 Å². The molecule has 4 heteroatoms. The van der Waals surface area contributed by atoms with Crippen LogP contribution in [0.25, 0.3) is 10.9 Å². The second kappa shape index (κ2) is 6.86. The van der Waals surface area contributed by atoms with Gasteiger partial charge in [0.2, 0.25) is 0 Å². The van der Waals surface area contributed by atoms with E-state index in [0.717, 1.165) is 41.3 Å². The minimum absolute atomic E-state index is 0.133. The first-order chi connectivity index (χ1) is 10.3. The predicted molar refractivity (Wildman–Crippen MR) is 89.1 cm³/mol. The molecule has 0 saturated heterocycles. The molecule has 3 rings (SSSR count). The summed E-state index contributed by atoms with van der Waals surface area (Å²) in [6, 6.07) is 8.24. The van der Waals surface area contributed by atoms with Crippen LogP contribution in [0.2, 0.25) is 0 Å². The lowest BCUT2D eigenvalue weighted by atomic mass is 9.86. The minimum Gasteiger partial charge on any atom is -0.393 e. The number of nitrogens with zero attached hydrogens (tertiary/aromatic N) is 1. The summed E-state index contributed by atoms with van der Waals surface area (Å²) in [6.45, 7) is 1.68. The van der Waals surface area contributed by atoms with Gasteiger partial charge in [-0.25, -0.2) is 0 Å². The Morgan fingerprint density at radius 1 is 1.24 bits per heavy atom. The number of aliphatic hydroxyl groups excluding tert-OH is 1. The minimum atomic E-state index is -0.133. The van der Waals surface area contributed by atoms with E-state index in [1.807, 2.05) is 12.3 Å². The highest BCUT2D eigenvalue weighted by atomic mass is 79.9. The molecule has 0 bridgehead atoms. The summed E-state index contributed by atoms with van der Waals surface area (Å²) >= 11 is 3.58. The molecule has 2 N–H and O–H groups in total. The molecule has 1 aromatic heterocycles. The molecule has 2 aromatic rings. The molecule has 21 heavy (non-hydrogen) atoms. The number of halogens is 1. The van der Waals surface area contributed by atoms with E-state index in [4.69, 9.17) is 0 Å². The van der Waals surface area contributed by atoms with Gasteiger partial charge in [-0.3, -0.25) is 4.98 Å². The van der Waals surface area contributed by atoms with Crippen molar-refractivity contribution < 1.29 is 5.11 Å². The molecule has 112 valence electrons. The Balaban J connectivity index is 1.67. The van der Waals surface area contributed by atoms with Gasteiger partial charge in [-0.1, -0.05) is 40.9 Å². The lowest BCUT2D eigenvalue weighted by molar-refractivity contribution is 0.0695. The van der Waals surface area contributed by atoms with Crippen LogP contribution in [0.15, 0.2) is 34.9 Å². The Labute approximate surface area is 133 Å². The van der Waals surface area contributed by atoms with Gasteiger partial charge >= 0.3 is 0 Å². The number of aromatic nitrogens is 1. The first-order valence-electron chi connectivity index (χ1n) is 7.66. The number of benzene rings is 1. The third kappa shape index (κ3) is 3.44. The van der Waals surface area contributed by atoms with Gasteiger partial charge in [-0.2, -0.15) is 0 Å². The van der Waals surface area contributed by atoms with Crippen LogP contribution >= 0.6 is 15.9 Å². The van der Waals surface area contributed by atoms with E-state index in [9.17, 15) is 5.11 Å². The molecule has 1 aliphatic rings. The molecule has 1 aromatic carbocycles. The van der Waals surface area contributed by atoms with Crippen molar-refractivity contribution in [2.45, 2.75) is 38.3 Å². The van der Waals surface area contributed by atoms with Crippen molar-refractivity contribution in [2.24, 2.45) is 5.92 Å². The summed E-state index contributed by atoms with van der Waals surface area (Å²) < 4.78 is 1.08. The largest absolute Gasteiger partial charge is 0.393 e. The Hall–Kier alpha value is -0.970. The topological polar surface area (TPSA) is 45.1 Å². The van der Waals surface area contributed by atoms with E-state index >= 15 is 0 Å². The van der Waals surface area contributed by atoms with E-state index in [-0.39, 0.29) is 6.10 Å². The lowest BCUT2D eigenvalue weighted by Gasteiger charge is -2.27. The Morgan fingerprint density at radius 2 is 2.10 bits per heavy atom. The van der Waals surface area contributed by atoms with Gasteiger partial charge in [0.1, 0.15) is 0 Å². The van der Waals surface area contributed by atoms with Crippen molar-refractivity contribution in [2.75, 3.05) is 6.54 Å². The highest BCUT2D eigenvalue weighted by molar-refractivity contribution is 9.10. The van der Waals surface area contributed by atoms with E-state index in [1.165, 1.54) is 18.4 Å². The average molecular weight is 349 g/mol. The van der Waals surface area contributed by atoms with E-state index in [0.29, 0.717) is 5.92 Å². The average Bonchev–Trinajstić information content (AvgIpc) is 2.52. The Morgan fingerprint density at radius 3 is 2.95 bits per heavy atom. The molecule has 2 atom stereocenters. The van der Waals surface area contributed by atoms with Gasteiger partial charge in [0.15, 0.2) is 0 Å². The molecule has 0 spiro atoms. The maximum atomic E-state index is 10.0. The Bertz CT molecular complexity index is 617. The molecule has 2 unspecified atom stereocenters. The van der Waals surface area contributed by atoms with Crippen LogP contribution in [0.3, 0.4) is 0 Å². The summed E-state index contributed by atoms with van der Waals surface area (Å²) in [5.74, 6) is 0.397. The van der Waals surface area contributed by atoms with Crippen LogP contribution in [0.4, 0.5) is 0 Å². The number of fused-ring (bicyclic) bond motifs is 1. The van der Waals surface area contributed by atoms with Crippen molar-refractivity contribution in [3.63, 3.8) is 0 Å². The second-order valence-electron chi connectivity index (χ2n) is 5.85. The fraction of sp³-hybridized carbons (Fsp3) is 0.471. The second-order valence-corrected chi connectivity index (χ2v) is 6.70. The molecule has 0 amide bonds. The first kappa shape index (κ1) is 14.9. The van der Waals surface area contributed by atoms with Crippen LogP contribution in [0, 0.1) is 5.92 Å². The van der Waals surface area contributed by atoms with Crippen molar-refractivity contribution >= 4 is 26.8 Å². The monoisotopic (exact) mass is 348 g/mol. The van der Waals surface area contributed by atoms with Crippen LogP contribution < -0.4 is 5.32 Å². The Kier molecular flexibility index (Phi) is 4.88. The summed E-state index contributed by atoms with van der Waals surface area (Å²) in [5, 5.41) is 14.7. The van der Waals surface area contributed by atoms with Gasteiger partial charge < -0.3 is 10.4 Å². The van der Waals surface area contributed by atoms with Crippen molar-refractivity contribution in [3.8, 4) is 0 Å². The van der Waals surface area contributed by atoms with Crippen molar-refractivity contribution in [1.82, 2.24) is 10.3 Å². The highest BCUT2D eigenvalue weighted by Crippen LogP contribution is 2.26. The smallest absolute Gasteiger partial charge is 0.0758 e. The summed E-state index contributed by atoms with van der Waals surface area (Å²) in [6.07, 6.45) is 6.20. The van der Waals surface area contributed by atoms with Gasteiger partial charge in [0.05, 0.1) is 11.6 Å². The molecular weight excluding hydrogens is 328 g/mol. The third-order valence-corrected chi connectivity index (χ3v) is 5.08. The number of rotatable bonds is 4. The molecule has 0 aliphatic heterocycles. The molecule has 1 saturated carbocycles. The SMILES string of the molecule is OC1CCCCC1CNCc1ccc(Br)c2cccnc12. The summed E-state index contributed by atoms with van der Waals surface area (Å²) in [4.78, 5) is 4.50. The van der Waals surface area contributed by atoms with Gasteiger partial charge in [-0.05, 0) is 36.5 Å². The molecule has 1 heterocycles. The van der Waals surface area contributed by atoms with Crippen molar-refractivity contribution in [3.05, 3.63) is 40.5 Å². The van der Waals surface area contributed by atoms with Crippen LogP contribution in [0.5, 0.6) is 0 Å². The maximum Gasteiger partial charge on any atom is 0.0758 e. The molecule has 1 aliphatic carbocycles. The summed E-state index contributed by atoms with van der Waals surface area (Å²) in [5.41, 5.74) is 2.25. The zero-order valence-electron chi connectivity index (χ0n) is 12.1.